The predicted octanol–water partition coefficient (Wildman–Crippen LogP) is 3.71. The Kier molecular flexibility index (Phi) is 9.68. The molecular weight excluding hydrogens is 553 g/mol. The molecule has 0 saturated carbocycles. The number of nitrogens with two attached hydrogens (primary N) is 1. The van der Waals surface area contributed by atoms with Gasteiger partial charge in [-0.1, -0.05) is 12.1 Å². The van der Waals surface area contributed by atoms with Gasteiger partial charge < -0.3 is 26.4 Å². The van der Waals surface area contributed by atoms with E-state index in [4.69, 9.17) is 16.2 Å². The number of aliphatic hydroxyl groups is 1. The molecule has 1 aliphatic rings. The van der Waals surface area contributed by atoms with Crippen LogP contribution in [0.1, 0.15) is 59.2 Å². The van der Waals surface area contributed by atoms with E-state index in [0.29, 0.717) is 43.7 Å². The van der Waals surface area contributed by atoms with Crippen LogP contribution in [0.15, 0.2) is 48.9 Å². The van der Waals surface area contributed by atoms with E-state index >= 15 is 0 Å². The number of carbonyl (C=O) groups is 2. The van der Waals surface area contributed by atoms with Crippen LogP contribution >= 0.6 is 0 Å². The average Bonchev–Trinajstić information content (AvgIpc) is 2.97. The van der Waals surface area contributed by atoms with Gasteiger partial charge in [-0.2, -0.15) is 13.2 Å². The summed E-state index contributed by atoms with van der Waals surface area (Å²) in [6.45, 7) is 1.15. The summed E-state index contributed by atoms with van der Waals surface area (Å²) in [5.41, 5.74) is 6.01. The van der Waals surface area contributed by atoms with E-state index in [9.17, 15) is 22.8 Å². The minimum absolute atomic E-state index is 0.00477. The number of nitrogen functional groups attached to an aromatic ring is 1. The molecule has 11 nitrogen and oxygen atoms in total. The highest BCUT2D eigenvalue weighted by Crippen LogP contribution is 2.30. The Hall–Kier alpha value is -4.59. The number of benzene rings is 1. The van der Waals surface area contributed by atoms with Crippen LogP contribution in [0.3, 0.4) is 0 Å². The molecule has 222 valence electrons. The lowest BCUT2D eigenvalue weighted by atomic mass is 10.0. The highest BCUT2D eigenvalue weighted by molar-refractivity contribution is 6.16. The van der Waals surface area contributed by atoms with E-state index in [0.717, 1.165) is 31.2 Å². The second-order valence-corrected chi connectivity index (χ2v) is 9.82. The normalized spacial score (nSPS) is 15.2. The third-order valence-corrected chi connectivity index (χ3v) is 6.80. The molecule has 0 aliphatic carbocycles. The molecule has 1 aliphatic heterocycles. The summed E-state index contributed by atoms with van der Waals surface area (Å²) >= 11 is 0. The number of carbonyl (C=O) groups excluding carboxylic acids is 2. The molecule has 1 unspecified atom stereocenters. The minimum atomic E-state index is -4.57. The van der Waals surface area contributed by atoms with Crippen LogP contribution in [0.2, 0.25) is 0 Å². The van der Waals surface area contributed by atoms with Gasteiger partial charge in [-0.25, -0.2) is 15.0 Å². The van der Waals surface area contributed by atoms with Crippen molar-refractivity contribution in [3.8, 4) is 0 Å². The van der Waals surface area contributed by atoms with Crippen LogP contribution in [0, 0.1) is 5.41 Å². The Morgan fingerprint density at radius 1 is 1.10 bits per heavy atom. The maximum atomic E-state index is 13.0. The quantitative estimate of drug-likeness (QED) is 0.177. The van der Waals surface area contributed by atoms with Gasteiger partial charge in [0.1, 0.15) is 23.8 Å². The molecule has 1 fully saturated rings. The topological polar surface area (TPSA) is 170 Å². The standard InChI is InChI=1S/C28H31F3N8O3/c29-28(30,31)19-10-11-34-21(14-19)38-27(42)18-8-6-17(7-9-18)24(32)23-25(33)35-16-36-26(23)37-20-4-3-12-39(15-20)22(41)5-1-2-13-40/h6-11,14,16,20,32,40H,1-5,12-13,15H2,(H,34,38,42)(H3,33,35,36,37). The number of halogens is 3. The fraction of sp³-hybridized carbons (Fsp3) is 0.357. The number of nitrogens with zero attached hydrogens (tertiary/aromatic N) is 4. The van der Waals surface area contributed by atoms with Crippen LogP contribution < -0.4 is 16.4 Å². The number of likely N-dealkylation sites (tertiary alicyclic amines) is 1. The number of piperidine rings is 1. The fourth-order valence-corrected chi connectivity index (χ4v) is 4.61. The zero-order chi connectivity index (χ0) is 30.3. The number of aromatic nitrogens is 3. The van der Waals surface area contributed by atoms with Crippen molar-refractivity contribution < 1.29 is 27.9 Å². The summed E-state index contributed by atoms with van der Waals surface area (Å²) in [5, 5.41) is 23.4. The number of unbranched alkanes of at least 4 members (excludes halogenated alkanes) is 1. The largest absolute Gasteiger partial charge is 0.416 e. The molecule has 1 atom stereocenters. The molecule has 0 bridgehead atoms. The number of aliphatic hydroxyl groups excluding tert-OH is 1. The molecule has 1 aromatic carbocycles. The molecule has 42 heavy (non-hydrogen) atoms. The lowest BCUT2D eigenvalue weighted by Crippen LogP contribution is -2.45. The van der Waals surface area contributed by atoms with Crippen molar-refractivity contribution in [2.24, 2.45) is 0 Å². The second kappa shape index (κ2) is 13.4. The highest BCUT2D eigenvalue weighted by Gasteiger charge is 2.31. The van der Waals surface area contributed by atoms with Crippen LogP contribution in [0.25, 0.3) is 0 Å². The van der Waals surface area contributed by atoms with Gasteiger partial charge in [0.05, 0.1) is 16.8 Å². The minimum Gasteiger partial charge on any atom is -0.396 e. The molecule has 3 aromatic rings. The first-order chi connectivity index (χ1) is 20.1. The van der Waals surface area contributed by atoms with Gasteiger partial charge in [-0.15, -0.1) is 0 Å². The smallest absolute Gasteiger partial charge is 0.396 e. The van der Waals surface area contributed by atoms with Crippen LogP contribution in [-0.4, -0.2) is 68.2 Å². The number of pyridine rings is 1. The maximum Gasteiger partial charge on any atom is 0.416 e. The first-order valence-electron chi connectivity index (χ1n) is 13.4. The van der Waals surface area contributed by atoms with Gasteiger partial charge in [0, 0.05) is 49.5 Å². The lowest BCUT2D eigenvalue weighted by Gasteiger charge is -2.34. The third-order valence-electron chi connectivity index (χ3n) is 6.80. The molecule has 2 aromatic heterocycles. The van der Waals surface area contributed by atoms with Gasteiger partial charge in [0.15, 0.2) is 0 Å². The van der Waals surface area contributed by atoms with Crippen molar-refractivity contribution in [1.82, 2.24) is 19.9 Å². The molecule has 0 spiro atoms. The van der Waals surface area contributed by atoms with Crippen molar-refractivity contribution in [1.29, 1.82) is 5.41 Å². The van der Waals surface area contributed by atoms with Crippen molar-refractivity contribution in [2.75, 3.05) is 36.1 Å². The zero-order valence-electron chi connectivity index (χ0n) is 22.6. The van der Waals surface area contributed by atoms with Gasteiger partial charge >= 0.3 is 6.18 Å². The number of alkyl halides is 3. The van der Waals surface area contributed by atoms with E-state index in [1.54, 1.807) is 4.90 Å². The van der Waals surface area contributed by atoms with Gasteiger partial charge in [-0.3, -0.25) is 15.0 Å². The van der Waals surface area contributed by atoms with Gasteiger partial charge in [-0.05, 0) is 49.9 Å². The Labute approximate surface area is 239 Å². The van der Waals surface area contributed by atoms with Crippen molar-refractivity contribution in [3.05, 3.63) is 71.2 Å². The number of rotatable bonds is 10. The van der Waals surface area contributed by atoms with E-state index in [1.165, 1.54) is 30.6 Å². The fourth-order valence-electron chi connectivity index (χ4n) is 4.61. The monoisotopic (exact) mass is 584 g/mol. The average molecular weight is 585 g/mol. The molecule has 3 heterocycles. The van der Waals surface area contributed by atoms with Crippen LogP contribution in [0.5, 0.6) is 0 Å². The summed E-state index contributed by atoms with van der Waals surface area (Å²) in [6.07, 6.45) is 0.802. The summed E-state index contributed by atoms with van der Waals surface area (Å²) in [5.74, 6) is -0.479. The lowest BCUT2D eigenvalue weighted by molar-refractivity contribution is -0.137. The zero-order valence-corrected chi connectivity index (χ0v) is 22.6. The Balaban J connectivity index is 1.45. The maximum absolute atomic E-state index is 13.0. The van der Waals surface area contributed by atoms with E-state index in [1.807, 2.05) is 0 Å². The molecule has 0 radical (unpaired) electrons. The molecule has 1 saturated heterocycles. The number of nitrogens with one attached hydrogen (secondary N) is 3. The Morgan fingerprint density at radius 3 is 2.55 bits per heavy atom. The Bertz CT molecular complexity index is 1430. The highest BCUT2D eigenvalue weighted by atomic mass is 19.4. The first-order valence-corrected chi connectivity index (χ1v) is 13.4. The molecular formula is C28H31F3N8O3. The van der Waals surface area contributed by atoms with Crippen molar-refractivity contribution in [2.45, 2.75) is 44.3 Å². The third kappa shape index (κ3) is 7.57. The van der Waals surface area contributed by atoms with Crippen molar-refractivity contribution in [3.63, 3.8) is 0 Å². The molecule has 14 heteroatoms. The van der Waals surface area contributed by atoms with E-state index < -0.39 is 17.6 Å². The van der Waals surface area contributed by atoms with Gasteiger partial charge in [0.2, 0.25) is 5.91 Å². The summed E-state index contributed by atoms with van der Waals surface area (Å²) in [4.78, 5) is 39.1. The van der Waals surface area contributed by atoms with E-state index in [2.05, 4.69) is 25.6 Å². The van der Waals surface area contributed by atoms with E-state index in [-0.39, 0.29) is 47.0 Å². The summed E-state index contributed by atoms with van der Waals surface area (Å²) in [7, 11) is 0. The molecule has 2 amide bonds. The number of hydrogen-bond acceptors (Lipinski definition) is 9. The summed E-state index contributed by atoms with van der Waals surface area (Å²) < 4.78 is 38.9. The summed E-state index contributed by atoms with van der Waals surface area (Å²) in [6, 6.07) is 7.32. The first kappa shape index (κ1) is 30.4. The molecule has 6 N–H and O–H groups in total. The molecule has 4 rings (SSSR count). The Morgan fingerprint density at radius 2 is 1.83 bits per heavy atom. The predicted molar refractivity (Wildman–Crippen MR) is 150 cm³/mol. The number of hydrogen-bond donors (Lipinski definition) is 5. The van der Waals surface area contributed by atoms with Crippen LogP contribution in [0.4, 0.5) is 30.6 Å². The SMILES string of the molecule is N=C(c1ccc(C(=O)Nc2cc(C(F)(F)F)ccn2)cc1)c1c(N)ncnc1NC1CCCN(C(=O)CCCCO)C1. The number of anilines is 3. The van der Waals surface area contributed by atoms with Crippen LogP contribution in [-0.2, 0) is 11.0 Å². The van der Waals surface area contributed by atoms with Crippen molar-refractivity contribution >= 4 is 35.0 Å². The second-order valence-electron chi connectivity index (χ2n) is 9.82. The van der Waals surface area contributed by atoms with Gasteiger partial charge in [0.25, 0.3) is 5.91 Å². The number of amides is 2.